The van der Waals surface area contributed by atoms with E-state index < -0.39 is 9.85 Å². The highest BCUT2D eigenvalue weighted by Gasteiger charge is 2.28. The van der Waals surface area contributed by atoms with Crippen molar-refractivity contribution in [2.75, 3.05) is 50.8 Å². The van der Waals surface area contributed by atoms with E-state index in [1.54, 1.807) is 0 Å². The molecule has 0 bridgehead atoms. The smallest absolute Gasteiger partial charge is 0.299 e. The van der Waals surface area contributed by atoms with Crippen LogP contribution in [0.2, 0.25) is 0 Å². The summed E-state index contributed by atoms with van der Waals surface area (Å²) in [6, 6.07) is 3.90. The van der Waals surface area contributed by atoms with E-state index >= 15 is 0 Å². The van der Waals surface area contributed by atoms with Crippen LogP contribution in [-0.2, 0) is 4.74 Å². The average molecular weight is 350 g/mol. The standard InChI is InChI=1S/C16H22N4O5/c21-19(22)14-3-4-15(16(10-14)20(23)24)18-5-1-2-13(12-18)11-17-6-8-25-9-7-17/h3-4,10,13H,1-2,5-9,11-12H2. The highest BCUT2D eigenvalue weighted by atomic mass is 16.6. The van der Waals surface area contributed by atoms with Gasteiger partial charge >= 0.3 is 0 Å². The van der Waals surface area contributed by atoms with Gasteiger partial charge in [-0.25, -0.2) is 0 Å². The van der Waals surface area contributed by atoms with E-state index in [1.165, 1.54) is 12.1 Å². The molecule has 0 spiro atoms. The molecular formula is C16H22N4O5. The summed E-state index contributed by atoms with van der Waals surface area (Å²) < 4.78 is 5.37. The molecule has 2 saturated heterocycles. The van der Waals surface area contributed by atoms with Crippen LogP contribution in [0.25, 0.3) is 0 Å². The van der Waals surface area contributed by atoms with E-state index in [1.807, 2.05) is 4.90 Å². The van der Waals surface area contributed by atoms with Gasteiger partial charge in [-0.1, -0.05) is 0 Å². The molecule has 0 N–H and O–H groups in total. The fraction of sp³-hybridized carbons (Fsp3) is 0.625. The molecule has 1 aromatic rings. The van der Waals surface area contributed by atoms with Gasteiger partial charge < -0.3 is 9.64 Å². The Hall–Kier alpha value is -2.26. The lowest BCUT2D eigenvalue weighted by Crippen LogP contribution is -2.44. The SMILES string of the molecule is O=[N+]([O-])c1ccc(N2CCCC(CN3CCOCC3)C2)c([N+](=O)[O-])c1. The topological polar surface area (TPSA) is 102 Å². The maximum atomic E-state index is 11.4. The zero-order valence-electron chi connectivity index (χ0n) is 14.0. The number of piperidine rings is 1. The molecule has 136 valence electrons. The molecule has 2 aliphatic heterocycles. The van der Waals surface area contributed by atoms with Crippen molar-refractivity contribution in [3.63, 3.8) is 0 Å². The number of benzene rings is 1. The molecule has 0 radical (unpaired) electrons. The minimum Gasteiger partial charge on any atom is -0.379 e. The predicted molar refractivity (Wildman–Crippen MR) is 91.9 cm³/mol. The third kappa shape index (κ3) is 4.23. The number of nitro groups is 2. The van der Waals surface area contributed by atoms with Crippen molar-refractivity contribution in [3.8, 4) is 0 Å². The van der Waals surface area contributed by atoms with Crippen LogP contribution >= 0.6 is 0 Å². The molecule has 9 nitrogen and oxygen atoms in total. The van der Waals surface area contributed by atoms with Gasteiger partial charge in [-0.2, -0.15) is 0 Å². The second-order valence-corrected chi connectivity index (χ2v) is 6.55. The molecule has 0 saturated carbocycles. The van der Waals surface area contributed by atoms with Crippen LogP contribution in [0.4, 0.5) is 17.1 Å². The largest absolute Gasteiger partial charge is 0.379 e. The molecule has 2 fully saturated rings. The first-order chi connectivity index (χ1) is 12.0. The number of nitro benzene ring substituents is 2. The van der Waals surface area contributed by atoms with Gasteiger partial charge in [-0.3, -0.25) is 25.1 Å². The number of nitrogens with zero attached hydrogens (tertiary/aromatic N) is 4. The van der Waals surface area contributed by atoms with Crippen molar-refractivity contribution in [1.29, 1.82) is 0 Å². The number of morpholine rings is 1. The predicted octanol–water partition coefficient (Wildman–Crippen LogP) is 2.05. The highest BCUT2D eigenvalue weighted by Crippen LogP contribution is 2.34. The summed E-state index contributed by atoms with van der Waals surface area (Å²) >= 11 is 0. The molecule has 3 rings (SSSR count). The van der Waals surface area contributed by atoms with E-state index in [0.29, 0.717) is 11.6 Å². The lowest BCUT2D eigenvalue weighted by Gasteiger charge is -2.37. The number of ether oxygens (including phenoxy) is 1. The lowest BCUT2D eigenvalue weighted by atomic mass is 9.96. The summed E-state index contributed by atoms with van der Waals surface area (Å²) in [5.41, 5.74) is 0.0285. The third-order valence-corrected chi connectivity index (χ3v) is 4.85. The van der Waals surface area contributed by atoms with Crippen LogP contribution in [0.15, 0.2) is 18.2 Å². The second kappa shape index (κ2) is 7.75. The molecule has 0 aromatic heterocycles. The maximum absolute atomic E-state index is 11.4. The Morgan fingerprint density at radius 2 is 1.88 bits per heavy atom. The lowest BCUT2D eigenvalue weighted by molar-refractivity contribution is -0.393. The Balaban J connectivity index is 1.74. The number of hydrogen-bond acceptors (Lipinski definition) is 7. The average Bonchev–Trinajstić information content (AvgIpc) is 2.62. The van der Waals surface area contributed by atoms with Gasteiger partial charge in [0.15, 0.2) is 0 Å². The first-order valence-electron chi connectivity index (χ1n) is 8.52. The number of rotatable bonds is 5. The summed E-state index contributed by atoms with van der Waals surface area (Å²) in [4.78, 5) is 25.5. The summed E-state index contributed by atoms with van der Waals surface area (Å²) in [6.45, 7) is 5.78. The van der Waals surface area contributed by atoms with Gasteiger partial charge in [0, 0.05) is 38.8 Å². The summed E-state index contributed by atoms with van der Waals surface area (Å²) in [6.07, 6.45) is 2.05. The molecule has 1 unspecified atom stereocenters. The maximum Gasteiger partial charge on any atom is 0.299 e. The van der Waals surface area contributed by atoms with Crippen LogP contribution < -0.4 is 4.90 Å². The first kappa shape index (κ1) is 17.6. The zero-order valence-corrected chi connectivity index (χ0v) is 14.0. The number of anilines is 1. The normalized spacial score (nSPS) is 21.9. The summed E-state index contributed by atoms with van der Waals surface area (Å²) in [7, 11) is 0. The highest BCUT2D eigenvalue weighted by molar-refractivity contribution is 5.67. The van der Waals surface area contributed by atoms with Crippen LogP contribution in [0.3, 0.4) is 0 Å². The summed E-state index contributed by atoms with van der Waals surface area (Å²) in [5.74, 6) is 0.432. The number of non-ortho nitro benzene ring substituents is 1. The van der Waals surface area contributed by atoms with Gasteiger partial charge in [0.25, 0.3) is 11.4 Å². The Labute approximate surface area is 145 Å². The Morgan fingerprint density at radius 1 is 1.12 bits per heavy atom. The molecule has 1 aromatic carbocycles. The minimum absolute atomic E-state index is 0.193. The fourth-order valence-electron chi connectivity index (χ4n) is 3.62. The molecule has 2 aliphatic rings. The van der Waals surface area contributed by atoms with Gasteiger partial charge in [0.2, 0.25) is 0 Å². The van der Waals surface area contributed by atoms with E-state index in [2.05, 4.69) is 4.90 Å². The van der Waals surface area contributed by atoms with Crippen LogP contribution in [0.1, 0.15) is 12.8 Å². The monoisotopic (exact) mass is 350 g/mol. The van der Waals surface area contributed by atoms with Gasteiger partial charge in [-0.05, 0) is 24.8 Å². The van der Waals surface area contributed by atoms with Crippen molar-refractivity contribution < 1.29 is 14.6 Å². The third-order valence-electron chi connectivity index (χ3n) is 4.85. The van der Waals surface area contributed by atoms with Gasteiger partial charge in [0.1, 0.15) is 5.69 Å². The second-order valence-electron chi connectivity index (χ2n) is 6.55. The quantitative estimate of drug-likeness (QED) is 0.591. The molecule has 25 heavy (non-hydrogen) atoms. The van der Waals surface area contributed by atoms with Crippen molar-refractivity contribution >= 4 is 17.1 Å². The molecule has 0 aliphatic carbocycles. The summed E-state index contributed by atoms with van der Waals surface area (Å²) in [5, 5.41) is 22.3. The van der Waals surface area contributed by atoms with Crippen LogP contribution in [0.5, 0.6) is 0 Å². The van der Waals surface area contributed by atoms with E-state index in [-0.39, 0.29) is 11.4 Å². The zero-order chi connectivity index (χ0) is 17.8. The Morgan fingerprint density at radius 3 is 2.56 bits per heavy atom. The van der Waals surface area contributed by atoms with Crippen molar-refractivity contribution in [2.24, 2.45) is 5.92 Å². The number of hydrogen-bond donors (Lipinski definition) is 0. The Bertz CT molecular complexity index is 647. The van der Waals surface area contributed by atoms with E-state index in [9.17, 15) is 20.2 Å². The van der Waals surface area contributed by atoms with Crippen LogP contribution in [-0.4, -0.2) is 60.7 Å². The molecule has 9 heteroatoms. The van der Waals surface area contributed by atoms with E-state index in [4.69, 9.17) is 4.74 Å². The van der Waals surface area contributed by atoms with Crippen molar-refractivity contribution in [3.05, 3.63) is 38.4 Å². The van der Waals surface area contributed by atoms with Gasteiger partial charge in [0.05, 0.1) is 29.1 Å². The molecule has 1 atom stereocenters. The van der Waals surface area contributed by atoms with Gasteiger partial charge in [-0.15, -0.1) is 0 Å². The fourth-order valence-corrected chi connectivity index (χ4v) is 3.62. The van der Waals surface area contributed by atoms with Crippen LogP contribution in [0, 0.1) is 26.1 Å². The molecule has 2 heterocycles. The Kier molecular flexibility index (Phi) is 5.44. The minimum atomic E-state index is -0.603. The van der Waals surface area contributed by atoms with Crippen molar-refractivity contribution in [1.82, 2.24) is 4.90 Å². The first-order valence-corrected chi connectivity index (χ1v) is 8.52. The molecular weight excluding hydrogens is 328 g/mol. The molecule has 0 amide bonds. The van der Waals surface area contributed by atoms with Crippen molar-refractivity contribution in [2.45, 2.75) is 12.8 Å². The van der Waals surface area contributed by atoms with E-state index in [0.717, 1.165) is 64.8 Å².